The summed E-state index contributed by atoms with van der Waals surface area (Å²) in [6.45, 7) is 4.48. The molecule has 9 nitrogen and oxygen atoms in total. The van der Waals surface area contributed by atoms with Gasteiger partial charge < -0.3 is 24.8 Å². The zero-order valence-corrected chi connectivity index (χ0v) is 22.3. The summed E-state index contributed by atoms with van der Waals surface area (Å²) in [7, 11) is 0. The number of aliphatic hydroxyl groups excluding tert-OH is 1. The minimum absolute atomic E-state index is 0.00902. The monoisotopic (exact) mass is 569 g/mol. The Morgan fingerprint density at radius 3 is 2.30 bits per heavy atom. The molecular weight excluding hydrogens is 538 g/mol. The molecule has 1 saturated heterocycles. The van der Waals surface area contributed by atoms with Crippen LogP contribution in [0.15, 0.2) is 30.6 Å². The van der Waals surface area contributed by atoms with Crippen LogP contribution in [0.1, 0.15) is 50.4 Å². The zero-order valence-electron chi connectivity index (χ0n) is 22.3. The summed E-state index contributed by atoms with van der Waals surface area (Å²) in [4.78, 5) is 43.7. The van der Waals surface area contributed by atoms with E-state index in [4.69, 9.17) is 9.47 Å². The van der Waals surface area contributed by atoms with E-state index in [0.717, 1.165) is 0 Å². The van der Waals surface area contributed by atoms with E-state index in [1.165, 1.54) is 6.20 Å². The molecule has 1 aliphatic heterocycles. The lowest BCUT2D eigenvalue weighted by Crippen LogP contribution is -2.51. The molecule has 2 aromatic rings. The number of rotatable bonds is 9. The number of hydrogen-bond donors (Lipinski definition) is 2. The number of amides is 2. The number of piperidine rings is 1. The van der Waals surface area contributed by atoms with E-state index >= 15 is 0 Å². The number of nitrogens with zero attached hydrogens (tertiary/aromatic N) is 2. The van der Waals surface area contributed by atoms with Gasteiger partial charge in [-0.25, -0.2) is 8.78 Å². The van der Waals surface area contributed by atoms with Crippen molar-refractivity contribution in [2.24, 2.45) is 5.92 Å². The fourth-order valence-corrected chi connectivity index (χ4v) is 4.13. The van der Waals surface area contributed by atoms with E-state index in [0.29, 0.717) is 18.4 Å². The third kappa shape index (κ3) is 8.13. The number of nitrogens with one attached hydrogen (secondary N) is 1. The van der Waals surface area contributed by atoms with Gasteiger partial charge in [-0.15, -0.1) is 0 Å². The fourth-order valence-electron chi connectivity index (χ4n) is 4.13. The van der Waals surface area contributed by atoms with Crippen LogP contribution in [0.4, 0.5) is 17.6 Å². The highest BCUT2D eigenvalue weighted by molar-refractivity contribution is 5.94. The standard InChI is InChI=1S/C27H31F4N3O6/c1-27(2,3)40-21(36)12-19(20(35)14-39-24-22(30)17(28)11-18(29)23(24)31)33-25(37)15-6-9-34(10-7-15)26(38)16-5-4-8-32-13-16/h4-5,8,11,13,15,19-20,35H,6-7,9-10,12,14H2,1-3H3,(H,33,37)/t19-,20?/m0/s1. The van der Waals surface area contributed by atoms with Gasteiger partial charge in [-0.3, -0.25) is 19.4 Å². The van der Waals surface area contributed by atoms with Gasteiger partial charge in [0.1, 0.15) is 18.3 Å². The van der Waals surface area contributed by atoms with Crippen LogP contribution in [0.5, 0.6) is 5.75 Å². The van der Waals surface area contributed by atoms with Crippen molar-refractivity contribution in [3.63, 3.8) is 0 Å². The zero-order chi connectivity index (χ0) is 29.6. The van der Waals surface area contributed by atoms with Gasteiger partial charge in [-0.1, -0.05) is 0 Å². The van der Waals surface area contributed by atoms with Gasteiger partial charge in [0, 0.05) is 37.5 Å². The number of likely N-dealkylation sites (tertiary alicyclic amines) is 1. The molecule has 0 radical (unpaired) electrons. The quantitative estimate of drug-likeness (QED) is 0.271. The summed E-state index contributed by atoms with van der Waals surface area (Å²) < 4.78 is 65.1. The van der Waals surface area contributed by atoms with Gasteiger partial charge in [0.15, 0.2) is 17.4 Å². The second-order valence-electron chi connectivity index (χ2n) is 10.4. The van der Waals surface area contributed by atoms with Gasteiger partial charge in [-0.2, -0.15) is 8.78 Å². The number of esters is 1. The van der Waals surface area contributed by atoms with Crippen LogP contribution in [0, 0.1) is 29.2 Å². The van der Waals surface area contributed by atoms with E-state index < -0.39 is 77.6 Å². The Morgan fingerprint density at radius 2 is 1.75 bits per heavy atom. The van der Waals surface area contributed by atoms with Crippen LogP contribution in [-0.2, 0) is 14.3 Å². The minimum Gasteiger partial charge on any atom is -0.485 e. The van der Waals surface area contributed by atoms with Crippen molar-refractivity contribution < 1.29 is 46.5 Å². The first-order chi connectivity index (χ1) is 18.8. The largest absolute Gasteiger partial charge is 0.485 e. The van der Waals surface area contributed by atoms with Crippen molar-refractivity contribution in [2.45, 2.75) is 57.8 Å². The Morgan fingerprint density at radius 1 is 1.12 bits per heavy atom. The molecule has 0 spiro atoms. The Hall–Kier alpha value is -3.74. The number of halogens is 4. The highest BCUT2D eigenvalue weighted by Gasteiger charge is 2.33. The number of carbonyl (C=O) groups excluding carboxylic acids is 3. The molecule has 1 fully saturated rings. The summed E-state index contributed by atoms with van der Waals surface area (Å²) >= 11 is 0. The number of hydrogen-bond acceptors (Lipinski definition) is 7. The summed E-state index contributed by atoms with van der Waals surface area (Å²) in [6, 6.07) is 1.95. The van der Waals surface area contributed by atoms with Crippen molar-refractivity contribution in [2.75, 3.05) is 19.7 Å². The summed E-state index contributed by atoms with van der Waals surface area (Å²) in [6.07, 6.45) is 1.32. The normalized spacial score (nSPS) is 15.8. The molecule has 0 saturated carbocycles. The van der Waals surface area contributed by atoms with E-state index in [1.807, 2.05) is 0 Å². The van der Waals surface area contributed by atoms with Crippen molar-refractivity contribution in [1.29, 1.82) is 0 Å². The molecule has 3 rings (SSSR count). The van der Waals surface area contributed by atoms with E-state index in [-0.39, 0.29) is 25.1 Å². The van der Waals surface area contributed by atoms with E-state index in [2.05, 4.69) is 10.3 Å². The van der Waals surface area contributed by atoms with Crippen LogP contribution in [-0.4, -0.2) is 70.2 Å². The Balaban J connectivity index is 1.66. The van der Waals surface area contributed by atoms with Crippen molar-refractivity contribution >= 4 is 17.8 Å². The maximum Gasteiger partial charge on any atom is 0.308 e. The first kappa shape index (κ1) is 30.8. The molecule has 2 N–H and O–H groups in total. The summed E-state index contributed by atoms with van der Waals surface area (Å²) in [5.74, 6) is -10.5. The predicted octanol–water partition coefficient (Wildman–Crippen LogP) is 3.15. The Kier molecular flexibility index (Phi) is 10.1. The first-order valence-corrected chi connectivity index (χ1v) is 12.6. The molecule has 1 unspecified atom stereocenters. The lowest BCUT2D eigenvalue weighted by molar-refractivity contribution is -0.156. The lowest BCUT2D eigenvalue weighted by atomic mass is 9.94. The molecule has 40 heavy (non-hydrogen) atoms. The number of benzene rings is 1. The Labute approximate surface area is 228 Å². The molecule has 2 amide bonds. The van der Waals surface area contributed by atoms with Gasteiger partial charge >= 0.3 is 5.97 Å². The van der Waals surface area contributed by atoms with Crippen LogP contribution in [0.25, 0.3) is 0 Å². The van der Waals surface area contributed by atoms with Crippen LogP contribution >= 0.6 is 0 Å². The molecule has 2 heterocycles. The number of pyridine rings is 1. The van der Waals surface area contributed by atoms with Crippen LogP contribution in [0.2, 0.25) is 0 Å². The molecule has 1 aliphatic rings. The summed E-state index contributed by atoms with van der Waals surface area (Å²) in [5.41, 5.74) is -0.469. The smallest absolute Gasteiger partial charge is 0.308 e. The average molecular weight is 570 g/mol. The maximum atomic E-state index is 14.0. The number of ether oxygens (including phenoxy) is 2. The maximum absolute atomic E-state index is 14.0. The molecule has 1 aromatic carbocycles. The first-order valence-electron chi connectivity index (χ1n) is 12.6. The highest BCUT2D eigenvalue weighted by Crippen LogP contribution is 2.27. The third-order valence-electron chi connectivity index (χ3n) is 6.13. The van der Waals surface area contributed by atoms with Crippen molar-refractivity contribution in [1.82, 2.24) is 15.2 Å². The van der Waals surface area contributed by atoms with Gasteiger partial charge in [-0.05, 0) is 45.7 Å². The Bertz CT molecular complexity index is 1190. The van der Waals surface area contributed by atoms with E-state index in [9.17, 15) is 37.1 Å². The molecular formula is C27H31F4N3O6. The van der Waals surface area contributed by atoms with Gasteiger partial charge in [0.2, 0.25) is 17.5 Å². The molecule has 13 heteroatoms. The molecule has 218 valence electrons. The topological polar surface area (TPSA) is 118 Å². The average Bonchev–Trinajstić information content (AvgIpc) is 2.90. The molecule has 2 atom stereocenters. The van der Waals surface area contributed by atoms with Crippen molar-refractivity contribution in [3.05, 3.63) is 59.4 Å². The number of aromatic nitrogens is 1. The number of aliphatic hydroxyl groups is 1. The number of carbonyl (C=O) groups is 3. The highest BCUT2D eigenvalue weighted by atomic mass is 19.2. The summed E-state index contributed by atoms with van der Waals surface area (Å²) in [5, 5.41) is 13.2. The van der Waals surface area contributed by atoms with Gasteiger partial charge in [0.05, 0.1) is 18.0 Å². The predicted molar refractivity (Wildman–Crippen MR) is 133 cm³/mol. The van der Waals surface area contributed by atoms with Crippen LogP contribution in [0.3, 0.4) is 0 Å². The van der Waals surface area contributed by atoms with Crippen LogP contribution < -0.4 is 10.1 Å². The van der Waals surface area contributed by atoms with Gasteiger partial charge in [0.25, 0.3) is 5.91 Å². The molecule has 0 bridgehead atoms. The minimum atomic E-state index is -1.80. The molecule has 1 aromatic heterocycles. The third-order valence-corrected chi connectivity index (χ3v) is 6.13. The fraction of sp³-hybridized carbons (Fsp3) is 0.481. The second kappa shape index (κ2) is 13.1. The van der Waals surface area contributed by atoms with E-state index in [1.54, 1.807) is 44.0 Å². The van der Waals surface area contributed by atoms with Crippen molar-refractivity contribution in [3.8, 4) is 5.75 Å². The lowest BCUT2D eigenvalue weighted by Gasteiger charge is -2.33. The SMILES string of the molecule is CC(C)(C)OC(=O)C[C@H](NC(=O)C1CCN(C(=O)c2cccnc2)CC1)C(O)COc1c(F)c(F)cc(F)c1F. The molecule has 0 aliphatic carbocycles. The second-order valence-corrected chi connectivity index (χ2v) is 10.4.